The SMILES string of the molecule is CC(C)(C)OC(=O)N1CCCC1C1N=C(c2cc(F)c3c(c2)OC(c2ccc(C4CC4)s2)n2c-3cc3cc(Cl)ccc32)CN1. The predicted molar refractivity (Wildman–Crippen MR) is 172 cm³/mol. The Kier molecular flexibility index (Phi) is 6.59. The number of hydrogen-bond acceptors (Lipinski definition) is 6. The van der Waals surface area contributed by atoms with Crippen molar-refractivity contribution in [1.82, 2.24) is 14.8 Å². The van der Waals surface area contributed by atoms with Crippen molar-refractivity contribution in [1.29, 1.82) is 0 Å². The van der Waals surface area contributed by atoms with Crippen molar-refractivity contribution >= 4 is 45.6 Å². The van der Waals surface area contributed by atoms with Gasteiger partial charge in [-0.1, -0.05) is 11.6 Å². The second-order valence-corrected chi connectivity index (χ2v) is 14.8. The molecule has 0 spiro atoms. The number of halogens is 2. The van der Waals surface area contributed by atoms with Crippen LogP contribution >= 0.6 is 22.9 Å². The standard InChI is InChI=1S/C34H34ClFN4O3S/c1-34(2,3)43-33(41)39-12-4-5-25(39)31-37-17-23(38-31)19-14-22(36)30-26-15-20-13-21(35)8-9-24(20)40(26)32(42-27(30)16-19)29-11-10-28(44-29)18-6-7-18/h8-11,13-16,18,25,31-32,37H,4-7,12,17H2,1-3H3. The predicted octanol–water partition coefficient (Wildman–Crippen LogP) is 8.10. The van der Waals surface area contributed by atoms with E-state index in [1.165, 1.54) is 17.7 Å². The third-order valence-corrected chi connectivity index (χ3v) is 10.4. The molecular weight excluding hydrogens is 599 g/mol. The number of nitrogens with one attached hydrogen (secondary N) is 1. The number of nitrogens with zero attached hydrogens (tertiary/aromatic N) is 3. The summed E-state index contributed by atoms with van der Waals surface area (Å²) in [6.07, 6.45) is 3.14. The number of rotatable bonds is 4. The van der Waals surface area contributed by atoms with E-state index in [4.69, 9.17) is 26.1 Å². The molecular formula is C34H34ClFN4O3S. The molecule has 1 amide bonds. The summed E-state index contributed by atoms with van der Waals surface area (Å²) in [5.74, 6) is 0.772. The fourth-order valence-electron chi connectivity index (χ4n) is 6.72. The molecule has 2 fully saturated rings. The lowest BCUT2D eigenvalue weighted by atomic mass is 10.0. The van der Waals surface area contributed by atoms with Crippen LogP contribution in [0.15, 0.2) is 53.5 Å². The lowest BCUT2D eigenvalue weighted by molar-refractivity contribution is 0.0202. The maximum Gasteiger partial charge on any atom is 0.410 e. The van der Waals surface area contributed by atoms with Crippen LogP contribution in [0.3, 0.4) is 0 Å². The molecule has 3 aliphatic heterocycles. The zero-order valence-corrected chi connectivity index (χ0v) is 26.5. The van der Waals surface area contributed by atoms with Crippen LogP contribution < -0.4 is 10.1 Å². The molecule has 3 atom stereocenters. The summed E-state index contributed by atoms with van der Waals surface area (Å²) in [6.45, 7) is 6.72. The van der Waals surface area contributed by atoms with Gasteiger partial charge in [-0.25, -0.2) is 9.18 Å². The average molecular weight is 633 g/mol. The molecule has 1 N–H and O–H groups in total. The number of ether oxygens (including phenoxy) is 2. The molecule has 7 nitrogen and oxygen atoms in total. The Balaban J connectivity index is 1.16. The van der Waals surface area contributed by atoms with E-state index in [0.717, 1.165) is 40.0 Å². The number of amides is 1. The molecule has 1 saturated heterocycles. The van der Waals surface area contributed by atoms with E-state index in [1.807, 2.05) is 51.1 Å². The second kappa shape index (κ2) is 10.3. The van der Waals surface area contributed by atoms with E-state index in [2.05, 4.69) is 22.0 Å². The fourth-order valence-corrected chi connectivity index (χ4v) is 8.10. The van der Waals surface area contributed by atoms with Crippen LogP contribution in [0.2, 0.25) is 5.02 Å². The third-order valence-electron chi connectivity index (χ3n) is 8.85. The zero-order chi connectivity index (χ0) is 30.3. The van der Waals surface area contributed by atoms with Gasteiger partial charge >= 0.3 is 6.09 Å². The van der Waals surface area contributed by atoms with Crippen molar-refractivity contribution in [3.05, 3.63) is 74.7 Å². The summed E-state index contributed by atoms with van der Waals surface area (Å²) in [7, 11) is 0. The van der Waals surface area contributed by atoms with Gasteiger partial charge in [0.05, 0.1) is 33.4 Å². The number of aromatic nitrogens is 1. The molecule has 1 aliphatic carbocycles. The van der Waals surface area contributed by atoms with Gasteiger partial charge in [0.2, 0.25) is 6.23 Å². The maximum absolute atomic E-state index is 16.2. The minimum atomic E-state index is -0.569. The monoisotopic (exact) mass is 632 g/mol. The van der Waals surface area contributed by atoms with Crippen molar-refractivity contribution in [2.45, 2.75) is 76.4 Å². The Bertz CT molecular complexity index is 1840. The summed E-state index contributed by atoms with van der Waals surface area (Å²) in [5.41, 5.74) is 3.00. The average Bonchev–Trinajstić information content (AvgIpc) is 3.39. The molecule has 44 heavy (non-hydrogen) atoms. The van der Waals surface area contributed by atoms with Gasteiger partial charge in [-0.05, 0) is 101 Å². The minimum Gasteiger partial charge on any atom is -0.464 e. The van der Waals surface area contributed by atoms with Gasteiger partial charge in [0, 0.05) is 33.9 Å². The number of carbonyl (C=O) groups excluding carboxylic acids is 1. The molecule has 2 aromatic carbocycles. The molecule has 2 aromatic heterocycles. The molecule has 228 valence electrons. The first-order valence-electron chi connectivity index (χ1n) is 15.3. The summed E-state index contributed by atoms with van der Waals surface area (Å²) < 4.78 is 30.6. The summed E-state index contributed by atoms with van der Waals surface area (Å²) in [4.78, 5) is 22.1. The first-order valence-corrected chi connectivity index (χ1v) is 16.5. The highest BCUT2D eigenvalue weighted by Gasteiger charge is 2.39. The summed E-state index contributed by atoms with van der Waals surface area (Å²) in [6, 6.07) is 15.5. The number of aliphatic imine (C=N–C) groups is 1. The lowest BCUT2D eigenvalue weighted by Crippen LogP contribution is -2.48. The molecule has 8 rings (SSSR count). The van der Waals surface area contributed by atoms with E-state index in [9.17, 15) is 4.79 Å². The number of likely N-dealkylation sites (tertiary alicyclic amines) is 1. The Labute approximate surface area is 264 Å². The van der Waals surface area contributed by atoms with Crippen molar-refractivity contribution in [3.8, 4) is 17.0 Å². The van der Waals surface area contributed by atoms with Crippen LogP contribution in [0, 0.1) is 5.82 Å². The van der Waals surface area contributed by atoms with Crippen molar-refractivity contribution in [3.63, 3.8) is 0 Å². The van der Waals surface area contributed by atoms with Crippen molar-refractivity contribution in [2.75, 3.05) is 13.1 Å². The largest absolute Gasteiger partial charge is 0.464 e. The highest BCUT2D eigenvalue weighted by atomic mass is 35.5. The van der Waals surface area contributed by atoms with E-state index >= 15 is 4.39 Å². The van der Waals surface area contributed by atoms with Crippen LogP contribution in [-0.2, 0) is 4.74 Å². The first-order chi connectivity index (χ1) is 21.1. The highest BCUT2D eigenvalue weighted by molar-refractivity contribution is 7.12. The molecule has 10 heteroatoms. The lowest BCUT2D eigenvalue weighted by Gasteiger charge is -2.30. The number of fused-ring (bicyclic) bond motifs is 5. The molecule has 5 heterocycles. The summed E-state index contributed by atoms with van der Waals surface area (Å²) in [5, 5.41) is 5.03. The van der Waals surface area contributed by atoms with Gasteiger partial charge in [0.25, 0.3) is 0 Å². The van der Waals surface area contributed by atoms with Gasteiger partial charge in [-0.2, -0.15) is 0 Å². The quantitative estimate of drug-likeness (QED) is 0.247. The van der Waals surface area contributed by atoms with Gasteiger partial charge in [0.1, 0.15) is 23.3 Å². The van der Waals surface area contributed by atoms with E-state index in [0.29, 0.717) is 40.9 Å². The van der Waals surface area contributed by atoms with Crippen LogP contribution in [0.4, 0.5) is 9.18 Å². The van der Waals surface area contributed by atoms with Crippen molar-refractivity contribution < 1.29 is 18.7 Å². The summed E-state index contributed by atoms with van der Waals surface area (Å²) >= 11 is 8.13. The number of carbonyl (C=O) groups is 1. The number of benzene rings is 2. The Morgan fingerprint density at radius 3 is 2.73 bits per heavy atom. The van der Waals surface area contributed by atoms with Crippen LogP contribution in [0.1, 0.15) is 73.9 Å². The second-order valence-electron chi connectivity index (χ2n) is 13.2. The number of hydrogen-bond donors (Lipinski definition) is 1. The smallest absolute Gasteiger partial charge is 0.410 e. The highest BCUT2D eigenvalue weighted by Crippen LogP contribution is 2.49. The zero-order valence-electron chi connectivity index (χ0n) is 24.9. The molecule has 0 bridgehead atoms. The number of thiophene rings is 1. The van der Waals surface area contributed by atoms with E-state index in [1.54, 1.807) is 22.3 Å². The van der Waals surface area contributed by atoms with E-state index < -0.39 is 11.8 Å². The van der Waals surface area contributed by atoms with Gasteiger partial charge in [-0.3, -0.25) is 14.9 Å². The van der Waals surface area contributed by atoms with Gasteiger partial charge < -0.3 is 14.4 Å². The van der Waals surface area contributed by atoms with E-state index in [-0.39, 0.29) is 24.1 Å². The molecule has 4 aliphatic rings. The Morgan fingerprint density at radius 1 is 1.11 bits per heavy atom. The molecule has 3 unspecified atom stereocenters. The minimum absolute atomic E-state index is 0.118. The maximum atomic E-state index is 16.2. The topological polar surface area (TPSA) is 68.1 Å². The molecule has 4 aromatic rings. The Hall–Kier alpha value is -3.40. The first kappa shape index (κ1) is 28.1. The van der Waals surface area contributed by atoms with Crippen LogP contribution in [0.5, 0.6) is 5.75 Å². The molecule has 1 saturated carbocycles. The van der Waals surface area contributed by atoms with Gasteiger partial charge in [0.15, 0.2) is 0 Å². The Morgan fingerprint density at radius 2 is 1.93 bits per heavy atom. The van der Waals surface area contributed by atoms with Crippen molar-refractivity contribution in [2.24, 2.45) is 4.99 Å². The fraction of sp³-hybridized carbons (Fsp3) is 0.412. The third kappa shape index (κ3) is 4.89. The van der Waals surface area contributed by atoms with Crippen LogP contribution in [-0.4, -0.2) is 52.2 Å². The molecule has 0 radical (unpaired) electrons. The van der Waals surface area contributed by atoms with Gasteiger partial charge in [-0.15, -0.1) is 11.3 Å². The normalized spacial score (nSPS) is 23.0. The van der Waals surface area contributed by atoms with Crippen LogP contribution in [0.25, 0.3) is 22.2 Å².